The van der Waals surface area contributed by atoms with Crippen LogP contribution in [0.3, 0.4) is 0 Å². The molecule has 0 atom stereocenters. The second-order valence-electron chi connectivity index (χ2n) is 11.6. The molecule has 0 unspecified atom stereocenters. The summed E-state index contributed by atoms with van der Waals surface area (Å²) in [5.41, 5.74) is 0. The Morgan fingerprint density at radius 3 is 0.533 bits per heavy atom. The molecule has 0 aromatic heterocycles. The maximum Gasteiger partial charge on any atom is 4.00 e. The van der Waals surface area contributed by atoms with Crippen LogP contribution in [-0.2, 0) is 21.7 Å². The molecule has 0 bridgehead atoms. The Balaban J connectivity index is -0.000000157. The Labute approximate surface area is 288 Å². The normalized spacial score (nSPS) is 11.7. The molecule has 45 heavy (non-hydrogen) atoms. The second-order valence-corrected chi connectivity index (χ2v) is 11.6. The fourth-order valence-electron chi connectivity index (χ4n) is 3.84. The van der Waals surface area contributed by atoms with Crippen LogP contribution in [0.15, 0.2) is 0 Å². The quantitative estimate of drug-likeness (QED) is 0.0406. The average molecular weight is 693 g/mol. The van der Waals surface area contributed by atoms with Crippen molar-refractivity contribution in [3.63, 3.8) is 0 Å². The smallest absolute Gasteiger partial charge is 0.807 e. The number of rotatable bonds is 24. The maximum absolute atomic E-state index is 10.2. The van der Waals surface area contributed by atoms with E-state index in [1.54, 1.807) is 0 Å². The van der Waals surface area contributed by atoms with Crippen molar-refractivity contribution in [3.8, 4) is 0 Å². The van der Waals surface area contributed by atoms with Gasteiger partial charge in [0.05, 0.1) is 23.9 Å². The van der Waals surface area contributed by atoms with Crippen molar-refractivity contribution in [3.05, 3.63) is 0 Å². The van der Waals surface area contributed by atoms with Gasteiger partial charge in [-0.25, -0.2) is 0 Å². The molecule has 0 saturated carbocycles. The molecule has 0 rings (SSSR count). The first-order chi connectivity index (χ1) is 20.2. The largest absolute Gasteiger partial charge is 4.00 e. The van der Waals surface area contributed by atoms with E-state index >= 15 is 0 Å². The molecule has 272 valence electrons. The van der Waals surface area contributed by atoms with Crippen molar-refractivity contribution >= 4 is 0 Å². The van der Waals surface area contributed by atoms with Gasteiger partial charge in [0.15, 0.2) is 0 Å². The van der Waals surface area contributed by atoms with E-state index in [0.717, 1.165) is 103 Å². The molecule has 0 fully saturated rings. The van der Waals surface area contributed by atoms with Crippen LogP contribution in [0, 0.1) is 0 Å². The summed E-state index contributed by atoms with van der Waals surface area (Å²) in [6.07, 6.45) is 19.4. The first-order valence-corrected chi connectivity index (χ1v) is 16.8. The minimum atomic E-state index is -2.70. The minimum absolute atomic E-state index is 0. The third kappa shape index (κ3) is 75.9. The molecular formula is C32H68O12Ti. The zero-order valence-corrected chi connectivity index (χ0v) is 30.2. The first-order valence-electron chi connectivity index (χ1n) is 16.8. The zero-order valence-electron chi connectivity index (χ0n) is 28.7. The molecule has 0 radical (unpaired) electrons. The SMILES string of the molecule is CCCCCCCC([O-])(O)O.CCCCCCCC([O-])(O)O.CCCCCCCC([O-])(O)O.CCCCCCCC([O-])(O)O.[Ti+4]. The molecule has 0 heterocycles. The Hall–Kier alpha value is 0.234. The second kappa shape index (κ2) is 35.5. The summed E-state index contributed by atoms with van der Waals surface area (Å²) < 4.78 is 0. The van der Waals surface area contributed by atoms with Crippen LogP contribution in [0.4, 0.5) is 0 Å². The van der Waals surface area contributed by atoms with Gasteiger partial charge in [-0.2, -0.15) is 0 Å². The molecule has 0 spiro atoms. The van der Waals surface area contributed by atoms with Crippen molar-refractivity contribution in [2.75, 3.05) is 0 Å². The van der Waals surface area contributed by atoms with Crippen molar-refractivity contribution in [1.29, 1.82) is 0 Å². The third-order valence-electron chi connectivity index (χ3n) is 6.42. The minimum Gasteiger partial charge on any atom is -0.807 e. The summed E-state index contributed by atoms with van der Waals surface area (Å²) in [4.78, 5) is 0. The molecule has 0 aromatic rings. The van der Waals surface area contributed by atoms with E-state index in [-0.39, 0.29) is 47.4 Å². The fourth-order valence-corrected chi connectivity index (χ4v) is 3.84. The average Bonchev–Trinajstić information content (AvgIpc) is 2.87. The van der Waals surface area contributed by atoms with Crippen LogP contribution in [0.5, 0.6) is 0 Å². The maximum atomic E-state index is 10.2. The topological polar surface area (TPSA) is 254 Å². The van der Waals surface area contributed by atoms with Crippen molar-refractivity contribution in [2.24, 2.45) is 0 Å². The number of unbranched alkanes of at least 4 members (excludes halogenated alkanes) is 16. The molecule has 0 amide bonds. The number of aliphatic hydroxyl groups is 8. The van der Waals surface area contributed by atoms with E-state index in [0.29, 0.717) is 25.7 Å². The standard InChI is InChI=1S/4C8H17O3.Ti/c4*1-2-3-4-5-6-7-8(9,10)11;/h4*9-10H,2-7H2,1H3;/q4*-1;+4. The monoisotopic (exact) mass is 692 g/mol. The zero-order chi connectivity index (χ0) is 35.0. The molecule has 0 saturated heterocycles. The van der Waals surface area contributed by atoms with Gasteiger partial charge in [0.1, 0.15) is 0 Å². The Kier molecular flexibility index (Phi) is 43.2. The van der Waals surface area contributed by atoms with E-state index < -0.39 is 23.9 Å². The molecule has 0 aliphatic heterocycles. The van der Waals surface area contributed by atoms with Crippen LogP contribution in [0.1, 0.15) is 182 Å². The summed E-state index contributed by atoms with van der Waals surface area (Å²) in [5.74, 6) is -10.8. The van der Waals surface area contributed by atoms with E-state index in [9.17, 15) is 20.4 Å². The van der Waals surface area contributed by atoms with Gasteiger partial charge in [0.25, 0.3) is 0 Å². The fraction of sp³-hybridized carbons (Fsp3) is 1.00. The first kappa shape index (κ1) is 54.7. The molecule has 13 heteroatoms. The van der Waals surface area contributed by atoms with Gasteiger partial charge in [-0.15, -0.1) is 0 Å². The Morgan fingerprint density at radius 2 is 0.422 bits per heavy atom. The van der Waals surface area contributed by atoms with Gasteiger partial charge in [-0.05, 0) is 51.4 Å². The summed E-state index contributed by atoms with van der Waals surface area (Å²) in [6.45, 7) is 8.43. The Morgan fingerprint density at radius 1 is 0.289 bits per heavy atom. The van der Waals surface area contributed by atoms with Gasteiger partial charge in [0, 0.05) is 0 Å². The summed E-state index contributed by atoms with van der Waals surface area (Å²) in [7, 11) is 0. The van der Waals surface area contributed by atoms with Crippen LogP contribution < -0.4 is 20.4 Å². The van der Waals surface area contributed by atoms with Crippen LogP contribution in [0.2, 0.25) is 0 Å². The van der Waals surface area contributed by atoms with Gasteiger partial charge in [0.2, 0.25) is 0 Å². The van der Waals surface area contributed by atoms with Gasteiger partial charge in [-0.3, -0.25) is 0 Å². The van der Waals surface area contributed by atoms with Crippen LogP contribution in [-0.4, -0.2) is 64.7 Å². The summed E-state index contributed by atoms with van der Waals surface area (Å²) in [5, 5.41) is 108. The van der Waals surface area contributed by atoms with Gasteiger partial charge in [-0.1, -0.05) is 130 Å². The molecule has 0 aromatic carbocycles. The molecule has 0 aliphatic rings. The van der Waals surface area contributed by atoms with Gasteiger partial charge >= 0.3 is 21.7 Å². The molecule has 12 nitrogen and oxygen atoms in total. The number of hydrogen-bond acceptors (Lipinski definition) is 12. The van der Waals surface area contributed by atoms with Crippen molar-refractivity contribution in [2.45, 2.75) is 206 Å². The van der Waals surface area contributed by atoms with Crippen molar-refractivity contribution in [1.82, 2.24) is 0 Å². The van der Waals surface area contributed by atoms with Crippen LogP contribution >= 0.6 is 0 Å². The third-order valence-corrected chi connectivity index (χ3v) is 6.42. The predicted octanol–water partition coefficient (Wildman–Crippen LogP) is 1.38. The molecule has 8 N–H and O–H groups in total. The van der Waals surface area contributed by atoms with Gasteiger partial charge < -0.3 is 61.3 Å². The number of hydrogen-bond donors (Lipinski definition) is 8. The predicted molar refractivity (Wildman–Crippen MR) is 162 cm³/mol. The van der Waals surface area contributed by atoms with E-state index in [1.807, 2.05) is 0 Å². The van der Waals surface area contributed by atoms with E-state index in [4.69, 9.17) is 40.9 Å². The van der Waals surface area contributed by atoms with Crippen molar-refractivity contribution < 1.29 is 83.0 Å². The molecule has 0 aliphatic carbocycles. The van der Waals surface area contributed by atoms with Crippen LogP contribution in [0.25, 0.3) is 0 Å². The summed E-state index contributed by atoms with van der Waals surface area (Å²) in [6, 6.07) is 0. The molecular weight excluding hydrogens is 624 g/mol. The summed E-state index contributed by atoms with van der Waals surface area (Å²) >= 11 is 0. The van der Waals surface area contributed by atoms with E-state index in [2.05, 4.69) is 27.7 Å². The Bertz CT molecular complexity index is 446. The van der Waals surface area contributed by atoms with E-state index in [1.165, 1.54) is 0 Å².